The van der Waals surface area contributed by atoms with Crippen molar-refractivity contribution in [3.8, 4) is 11.4 Å². The van der Waals surface area contributed by atoms with Crippen LogP contribution in [0.3, 0.4) is 0 Å². The zero-order valence-corrected chi connectivity index (χ0v) is 30.7. The third-order valence-electron chi connectivity index (χ3n) is 12.3. The molecule has 11 aromatic rings. The van der Waals surface area contributed by atoms with E-state index in [0.29, 0.717) is 0 Å². The molecule has 0 saturated heterocycles. The molecule has 0 amide bonds. The fraction of sp³-hybridized carbons (Fsp3) is 0. The largest absolute Gasteiger partial charge is 0.306 e. The van der Waals surface area contributed by atoms with Gasteiger partial charge in [0.2, 0.25) is 13.4 Å². The van der Waals surface area contributed by atoms with Crippen LogP contribution < -0.4 is 32.8 Å². The zero-order valence-electron chi connectivity index (χ0n) is 30.7. The van der Waals surface area contributed by atoms with Crippen molar-refractivity contribution in [3.63, 3.8) is 0 Å². The van der Waals surface area contributed by atoms with Gasteiger partial charge in [-0.3, -0.25) is 0 Å². The van der Waals surface area contributed by atoms with Crippen molar-refractivity contribution in [1.82, 2.24) is 9.13 Å². The van der Waals surface area contributed by atoms with E-state index in [1.807, 2.05) is 0 Å². The van der Waals surface area contributed by atoms with Gasteiger partial charge in [-0.05, 0) is 69.4 Å². The van der Waals surface area contributed by atoms with E-state index in [4.69, 9.17) is 0 Å². The van der Waals surface area contributed by atoms with Crippen molar-refractivity contribution in [3.05, 3.63) is 206 Å². The monoisotopic (exact) mass is 708 g/mol. The third-order valence-corrected chi connectivity index (χ3v) is 12.3. The summed E-state index contributed by atoms with van der Waals surface area (Å²) < 4.78 is 4.94. The molecule has 0 N–H and O–H groups in total. The average Bonchev–Trinajstić information content (AvgIpc) is 3.27. The van der Waals surface area contributed by atoms with E-state index in [2.05, 4.69) is 215 Å². The van der Waals surface area contributed by atoms with Crippen LogP contribution in [0.4, 0.5) is 0 Å². The van der Waals surface area contributed by atoms with Crippen LogP contribution >= 0.6 is 0 Å². The van der Waals surface area contributed by atoms with Gasteiger partial charge in [-0.2, -0.15) is 0 Å². The molecule has 12 rings (SSSR count). The number of aromatic nitrogens is 2. The summed E-state index contributed by atoms with van der Waals surface area (Å²) in [5.74, 6) is 0. The summed E-state index contributed by atoms with van der Waals surface area (Å²) in [6, 6.07) is 76.5. The first-order valence-corrected chi connectivity index (χ1v) is 19.6. The van der Waals surface area contributed by atoms with Crippen molar-refractivity contribution >= 4 is 101 Å². The molecule has 0 unspecified atom stereocenters. The summed E-state index contributed by atoms with van der Waals surface area (Å²) in [6.45, 7) is 0.226. The molecule has 10 aromatic carbocycles. The van der Waals surface area contributed by atoms with Crippen molar-refractivity contribution < 1.29 is 0 Å². The Labute approximate surface area is 326 Å². The SMILES string of the molecule is c1ccc(B2c3ccccc3B(c3ccccc3)c3c2cc2ccc4c5c(ccc3c25)cc2c4n(-c3ccccc3)c3ccccc3n2-c2ccccc2)cc1. The molecule has 0 radical (unpaired) electrons. The van der Waals surface area contributed by atoms with Gasteiger partial charge in [0.1, 0.15) is 0 Å². The molecule has 1 aromatic heterocycles. The zero-order chi connectivity index (χ0) is 36.7. The predicted molar refractivity (Wildman–Crippen MR) is 241 cm³/mol. The maximum Gasteiger partial charge on any atom is 0.240 e. The van der Waals surface area contributed by atoms with E-state index in [1.165, 1.54) is 76.1 Å². The number of nitrogens with zero attached hydrogens (tertiary/aromatic N) is 2. The highest BCUT2D eigenvalue weighted by Crippen LogP contribution is 2.41. The third kappa shape index (κ3) is 4.47. The lowest BCUT2D eigenvalue weighted by molar-refractivity contribution is 1.09. The smallest absolute Gasteiger partial charge is 0.240 e. The van der Waals surface area contributed by atoms with Crippen LogP contribution in [0.5, 0.6) is 0 Å². The maximum atomic E-state index is 2.53. The minimum Gasteiger partial charge on any atom is -0.306 e. The van der Waals surface area contributed by atoms with E-state index in [0.717, 1.165) is 22.4 Å². The molecule has 2 heterocycles. The molecular weight excluding hydrogens is 674 g/mol. The van der Waals surface area contributed by atoms with Gasteiger partial charge < -0.3 is 9.13 Å². The molecule has 56 heavy (non-hydrogen) atoms. The average molecular weight is 708 g/mol. The van der Waals surface area contributed by atoms with Gasteiger partial charge >= 0.3 is 0 Å². The number of rotatable bonds is 4. The van der Waals surface area contributed by atoms with Crippen LogP contribution in [0.1, 0.15) is 0 Å². The van der Waals surface area contributed by atoms with Crippen LogP contribution in [0.15, 0.2) is 206 Å². The summed E-state index contributed by atoms with van der Waals surface area (Å²) in [4.78, 5) is 0. The second-order valence-electron chi connectivity index (χ2n) is 15.2. The van der Waals surface area contributed by atoms with Gasteiger partial charge in [-0.15, -0.1) is 0 Å². The first kappa shape index (κ1) is 31.3. The van der Waals surface area contributed by atoms with Crippen LogP contribution in [0.25, 0.3) is 65.8 Å². The van der Waals surface area contributed by atoms with E-state index < -0.39 is 0 Å². The maximum absolute atomic E-state index is 2.53. The molecule has 4 heteroatoms. The summed E-state index contributed by atoms with van der Waals surface area (Å²) in [5.41, 5.74) is 15.2. The predicted octanol–water partition coefficient (Wildman–Crippen LogP) is 8.38. The lowest BCUT2D eigenvalue weighted by atomic mass is 9.20. The minimum absolute atomic E-state index is 0.0992. The Balaban J connectivity index is 1.27. The van der Waals surface area contributed by atoms with Crippen LogP contribution in [0.2, 0.25) is 0 Å². The molecule has 258 valence electrons. The Kier molecular flexibility index (Phi) is 6.85. The highest BCUT2D eigenvalue weighted by molar-refractivity contribution is 7.12. The van der Waals surface area contributed by atoms with Gasteiger partial charge in [-0.25, -0.2) is 0 Å². The highest BCUT2D eigenvalue weighted by Gasteiger charge is 2.40. The Morgan fingerprint density at radius 2 is 0.786 bits per heavy atom. The topological polar surface area (TPSA) is 9.86 Å². The second-order valence-corrected chi connectivity index (χ2v) is 15.2. The summed E-state index contributed by atoms with van der Waals surface area (Å²) in [5, 5.41) is 7.77. The van der Waals surface area contributed by atoms with Gasteiger partial charge in [0.05, 0.1) is 22.1 Å². The first-order chi connectivity index (χ1) is 27.8. The van der Waals surface area contributed by atoms with Gasteiger partial charge in [0.15, 0.2) is 0 Å². The van der Waals surface area contributed by atoms with E-state index in [-0.39, 0.29) is 13.4 Å². The molecule has 0 saturated carbocycles. The lowest BCUT2D eigenvalue weighted by Crippen LogP contribution is -2.75. The quantitative estimate of drug-likeness (QED) is 0.0989. The molecule has 0 atom stereocenters. The minimum atomic E-state index is 0.0992. The van der Waals surface area contributed by atoms with E-state index in [1.54, 1.807) is 0 Å². The molecule has 2 nitrogen and oxygen atoms in total. The van der Waals surface area contributed by atoms with E-state index in [9.17, 15) is 0 Å². The molecule has 0 spiro atoms. The van der Waals surface area contributed by atoms with Crippen LogP contribution in [0, 0.1) is 0 Å². The van der Waals surface area contributed by atoms with Gasteiger partial charge in [0, 0.05) is 16.8 Å². The summed E-state index contributed by atoms with van der Waals surface area (Å²) in [6.07, 6.45) is 0. The molecule has 1 aliphatic rings. The van der Waals surface area contributed by atoms with Crippen molar-refractivity contribution in [2.45, 2.75) is 0 Å². The van der Waals surface area contributed by atoms with Gasteiger partial charge in [0.25, 0.3) is 0 Å². The fourth-order valence-electron chi connectivity index (χ4n) is 10.1. The van der Waals surface area contributed by atoms with Gasteiger partial charge in [-0.1, -0.05) is 197 Å². The second kappa shape index (κ2) is 12.2. The Morgan fingerprint density at radius 3 is 1.43 bits per heavy atom. The summed E-state index contributed by atoms with van der Waals surface area (Å²) in [7, 11) is 0. The number of benzene rings is 10. The van der Waals surface area contributed by atoms with Crippen molar-refractivity contribution in [1.29, 1.82) is 0 Å². The fourth-order valence-corrected chi connectivity index (χ4v) is 10.1. The van der Waals surface area contributed by atoms with Crippen LogP contribution in [-0.2, 0) is 0 Å². The van der Waals surface area contributed by atoms with Crippen molar-refractivity contribution in [2.24, 2.45) is 0 Å². The Hall–Kier alpha value is -7.03. The number of para-hydroxylation sites is 4. The molecular formula is C52H34B2N2. The van der Waals surface area contributed by atoms with Crippen LogP contribution in [-0.4, -0.2) is 22.6 Å². The molecule has 0 fully saturated rings. The Bertz CT molecular complexity index is 3300. The van der Waals surface area contributed by atoms with E-state index >= 15 is 0 Å². The molecule has 0 bridgehead atoms. The summed E-state index contributed by atoms with van der Waals surface area (Å²) >= 11 is 0. The first-order valence-electron chi connectivity index (χ1n) is 19.6. The normalized spacial score (nSPS) is 12.6. The lowest BCUT2D eigenvalue weighted by Gasteiger charge is -2.34. The standard InChI is InChI=1S/C52H34B2N2/c1-5-17-37(18-6-1)53-43-25-13-14-26-44(43)54(38-19-7-2-8-20-38)51-41-31-29-36-34-48-52(42-32-30-35(33-45(51)53)49(41)50(36)42)56(40-23-11-4-12-24-40)47-28-16-15-27-46(47)55(48)39-21-9-3-10-22-39/h1-34H. The Morgan fingerprint density at radius 1 is 0.321 bits per heavy atom. The molecule has 0 aliphatic carbocycles. The number of fused-ring (bicyclic) bond motifs is 6. The molecule has 1 aliphatic heterocycles. The number of hydrogen-bond acceptors (Lipinski definition) is 0. The highest BCUT2D eigenvalue weighted by atomic mass is 15.1. The number of hydrogen-bond donors (Lipinski definition) is 0. The van der Waals surface area contributed by atoms with Crippen molar-refractivity contribution in [2.75, 3.05) is 0 Å².